The fraction of sp³-hybridized carbons (Fsp3) is 0.524. The zero-order chi connectivity index (χ0) is 18.8. The summed E-state index contributed by atoms with van der Waals surface area (Å²) < 4.78 is 5.35. The number of aromatic nitrogens is 1. The topological polar surface area (TPSA) is 45.7 Å². The van der Waals surface area contributed by atoms with Crippen LogP contribution in [0.2, 0.25) is 0 Å². The smallest absolute Gasteiger partial charge is 0.225 e. The quantitative estimate of drug-likeness (QED) is 0.811. The van der Waals surface area contributed by atoms with Gasteiger partial charge in [-0.05, 0) is 43.5 Å². The van der Waals surface area contributed by atoms with Gasteiger partial charge in [0.05, 0.1) is 12.6 Å². The van der Waals surface area contributed by atoms with Crippen LogP contribution in [-0.2, 0) is 4.79 Å². The monoisotopic (exact) mass is 385 g/mol. The van der Waals surface area contributed by atoms with Crippen LogP contribution in [0.15, 0.2) is 24.3 Å². The number of fused-ring (bicyclic) bond motifs is 1. The van der Waals surface area contributed by atoms with Crippen molar-refractivity contribution in [2.75, 3.05) is 49.7 Å². The number of aryl methyl sites for hydroxylation is 1. The van der Waals surface area contributed by atoms with Crippen LogP contribution in [0.5, 0.6) is 5.75 Å². The average molecular weight is 386 g/mol. The molecular weight excluding hydrogens is 358 g/mol. The van der Waals surface area contributed by atoms with Crippen LogP contribution in [0.3, 0.4) is 0 Å². The Balaban J connectivity index is 1.46. The Bertz CT molecular complexity index is 828. The van der Waals surface area contributed by atoms with Crippen LogP contribution in [0.25, 0.3) is 10.9 Å². The third-order valence-electron chi connectivity index (χ3n) is 5.70. The first kappa shape index (κ1) is 18.4. The number of hydrogen-bond donors (Lipinski definition) is 0. The van der Waals surface area contributed by atoms with E-state index in [1.54, 1.807) is 7.11 Å². The van der Waals surface area contributed by atoms with Crippen molar-refractivity contribution < 1.29 is 9.53 Å². The Morgan fingerprint density at radius 2 is 1.89 bits per heavy atom. The first-order valence-corrected chi connectivity index (χ1v) is 10.9. The summed E-state index contributed by atoms with van der Waals surface area (Å²) in [6.45, 7) is 5.74. The number of anilines is 1. The van der Waals surface area contributed by atoms with Crippen molar-refractivity contribution in [2.24, 2.45) is 5.92 Å². The highest BCUT2D eigenvalue weighted by atomic mass is 32.2. The molecule has 3 heterocycles. The molecule has 0 N–H and O–H groups in total. The third kappa shape index (κ3) is 3.86. The molecule has 0 bridgehead atoms. The van der Waals surface area contributed by atoms with Gasteiger partial charge in [0.1, 0.15) is 11.6 Å². The maximum atomic E-state index is 12.8. The van der Waals surface area contributed by atoms with Crippen LogP contribution in [0.4, 0.5) is 5.82 Å². The van der Waals surface area contributed by atoms with E-state index in [2.05, 4.69) is 28.9 Å². The molecule has 27 heavy (non-hydrogen) atoms. The number of carbonyl (C=O) groups excluding carboxylic acids is 1. The number of ether oxygens (including phenoxy) is 1. The summed E-state index contributed by atoms with van der Waals surface area (Å²) in [7, 11) is 1.68. The minimum absolute atomic E-state index is 0.172. The fourth-order valence-electron chi connectivity index (χ4n) is 4.05. The molecule has 0 radical (unpaired) electrons. The van der Waals surface area contributed by atoms with E-state index < -0.39 is 0 Å². The van der Waals surface area contributed by atoms with Gasteiger partial charge in [-0.1, -0.05) is 0 Å². The van der Waals surface area contributed by atoms with Crippen molar-refractivity contribution in [3.05, 3.63) is 29.8 Å². The molecule has 0 atom stereocenters. The number of carbonyl (C=O) groups is 1. The summed E-state index contributed by atoms with van der Waals surface area (Å²) in [5, 5.41) is 1.16. The number of methoxy groups -OCH3 is 1. The molecule has 1 amide bonds. The first-order valence-electron chi connectivity index (χ1n) is 9.72. The Morgan fingerprint density at radius 3 is 2.59 bits per heavy atom. The molecular formula is C21H27N3O2S. The molecule has 1 aromatic heterocycles. The van der Waals surface area contributed by atoms with Crippen LogP contribution in [-0.4, -0.2) is 60.6 Å². The van der Waals surface area contributed by atoms with Crippen molar-refractivity contribution in [1.29, 1.82) is 0 Å². The van der Waals surface area contributed by atoms with Crippen LogP contribution in [0, 0.1) is 12.8 Å². The van der Waals surface area contributed by atoms with Gasteiger partial charge in [-0.2, -0.15) is 11.8 Å². The number of hydrogen-bond acceptors (Lipinski definition) is 5. The number of benzene rings is 1. The van der Waals surface area contributed by atoms with Gasteiger partial charge in [0.25, 0.3) is 0 Å². The average Bonchev–Trinajstić information content (AvgIpc) is 2.73. The van der Waals surface area contributed by atoms with Crippen molar-refractivity contribution in [3.63, 3.8) is 0 Å². The molecule has 2 aliphatic rings. The normalized spacial score (nSPS) is 18.7. The number of piperidine rings is 1. The lowest BCUT2D eigenvalue weighted by Gasteiger charge is -2.36. The minimum atomic E-state index is 0.172. The summed E-state index contributed by atoms with van der Waals surface area (Å²) in [6.07, 6.45) is 1.83. The molecule has 0 saturated carbocycles. The molecule has 0 spiro atoms. The third-order valence-corrected chi connectivity index (χ3v) is 6.64. The van der Waals surface area contributed by atoms with Gasteiger partial charge in [0, 0.05) is 55.1 Å². The number of rotatable bonds is 3. The molecule has 2 saturated heterocycles. The van der Waals surface area contributed by atoms with Gasteiger partial charge in [0.2, 0.25) is 5.91 Å². The first-order chi connectivity index (χ1) is 13.2. The van der Waals surface area contributed by atoms with E-state index in [1.807, 2.05) is 23.9 Å². The van der Waals surface area contributed by atoms with Gasteiger partial charge in [-0.25, -0.2) is 4.98 Å². The highest BCUT2D eigenvalue weighted by Gasteiger charge is 2.29. The predicted octanol–water partition coefficient (Wildman–Crippen LogP) is 3.34. The highest BCUT2D eigenvalue weighted by molar-refractivity contribution is 7.99. The zero-order valence-corrected chi connectivity index (χ0v) is 16.9. The molecule has 2 aliphatic heterocycles. The van der Waals surface area contributed by atoms with E-state index >= 15 is 0 Å². The van der Waals surface area contributed by atoms with E-state index in [0.717, 1.165) is 73.0 Å². The zero-order valence-electron chi connectivity index (χ0n) is 16.1. The molecule has 0 aliphatic carbocycles. The summed E-state index contributed by atoms with van der Waals surface area (Å²) in [6, 6.07) is 8.21. The second kappa shape index (κ2) is 7.97. The Labute approximate surface area is 165 Å². The summed E-state index contributed by atoms with van der Waals surface area (Å²) in [5.74, 6) is 4.53. The maximum Gasteiger partial charge on any atom is 0.225 e. The van der Waals surface area contributed by atoms with Crippen LogP contribution >= 0.6 is 11.8 Å². The van der Waals surface area contributed by atoms with Gasteiger partial charge in [-0.15, -0.1) is 0 Å². The van der Waals surface area contributed by atoms with E-state index in [-0.39, 0.29) is 5.92 Å². The summed E-state index contributed by atoms with van der Waals surface area (Å²) >= 11 is 1.95. The minimum Gasteiger partial charge on any atom is -0.497 e. The van der Waals surface area contributed by atoms with Gasteiger partial charge < -0.3 is 14.5 Å². The molecule has 144 valence electrons. The van der Waals surface area contributed by atoms with Crippen molar-refractivity contribution >= 4 is 34.4 Å². The lowest BCUT2D eigenvalue weighted by Crippen LogP contribution is -2.45. The lowest BCUT2D eigenvalue weighted by atomic mass is 9.95. The molecule has 2 aromatic rings. The standard InChI is InChI=1S/C21H27N3O2S/c1-15-13-20(22-19-14-17(26-2)3-4-18(15)19)23-7-5-16(6-8-23)21(25)24-9-11-27-12-10-24/h3-4,13-14,16H,5-12H2,1-2H3. The molecule has 4 rings (SSSR count). The predicted molar refractivity (Wildman–Crippen MR) is 112 cm³/mol. The number of amides is 1. The van der Waals surface area contributed by atoms with Gasteiger partial charge in [-0.3, -0.25) is 4.79 Å². The lowest BCUT2D eigenvalue weighted by molar-refractivity contribution is -0.135. The van der Waals surface area contributed by atoms with E-state index in [4.69, 9.17) is 9.72 Å². The van der Waals surface area contributed by atoms with Crippen LogP contribution in [0.1, 0.15) is 18.4 Å². The number of pyridine rings is 1. The van der Waals surface area contributed by atoms with Crippen LogP contribution < -0.4 is 9.64 Å². The van der Waals surface area contributed by atoms with Crippen molar-refractivity contribution in [2.45, 2.75) is 19.8 Å². The highest BCUT2D eigenvalue weighted by Crippen LogP contribution is 2.29. The van der Waals surface area contributed by atoms with Crippen molar-refractivity contribution in [3.8, 4) is 5.75 Å². The van der Waals surface area contributed by atoms with E-state index in [9.17, 15) is 4.79 Å². The van der Waals surface area contributed by atoms with E-state index in [0.29, 0.717) is 5.91 Å². The Morgan fingerprint density at radius 1 is 1.15 bits per heavy atom. The molecule has 2 fully saturated rings. The molecule has 1 aromatic carbocycles. The van der Waals surface area contributed by atoms with Crippen molar-refractivity contribution in [1.82, 2.24) is 9.88 Å². The van der Waals surface area contributed by atoms with E-state index in [1.165, 1.54) is 5.56 Å². The Kier molecular flexibility index (Phi) is 5.43. The second-order valence-electron chi connectivity index (χ2n) is 7.38. The largest absolute Gasteiger partial charge is 0.497 e. The van der Waals surface area contributed by atoms with Gasteiger partial charge in [0.15, 0.2) is 0 Å². The Hall–Kier alpha value is -1.95. The molecule has 6 heteroatoms. The summed E-state index contributed by atoms with van der Waals surface area (Å²) in [4.78, 5) is 22.0. The fourth-order valence-corrected chi connectivity index (χ4v) is 4.95. The number of thioether (sulfide) groups is 1. The SMILES string of the molecule is COc1ccc2c(C)cc(N3CCC(C(=O)N4CCSCC4)CC3)nc2c1. The number of nitrogens with zero attached hydrogens (tertiary/aromatic N) is 3. The van der Waals surface area contributed by atoms with Gasteiger partial charge >= 0.3 is 0 Å². The maximum absolute atomic E-state index is 12.8. The molecule has 0 unspecified atom stereocenters. The molecule has 5 nitrogen and oxygen atoms in total. The second-order valence-corrected chi connectivity index (χ2v) is 8.60. The summed E-state index contributed by atoms with van der Waals surface area (Å²) in [5.41, 5.74) is 2.19.